The van der Waals surface area contributed by atoms with E-state index in [9.17, 15) is 0 Å². The number of nitrogens with one attached hydrogen (secondary N) is 1. The number of rotatable bonds is 6. The maximum atomic E-state index is 6.32. The van der Waals surface area contributed by atoms with Crippen LogP contribution in [0.25, 0.3) is 0 Å². The van der Waals surface area contributed by atoms with Gasteiger partial charge in [-0.3, -0.25) is 0 Å². The normalized spacial score (nSPS) is 12.4. The zero-order chi connectivity index (χ0) is 15.2. The van der Waals surface area contributed by atoms with Gasteiger partial charge < -0.3 is 5.32 Å². The monoisotopic (exact) mass is 321 g/mol. The summed E-state index contributed by atoms with van der Waals surface area (Å²) in [7, 11) is 0. The average Bonchev–Trinajstić information content (AvgIpc) is 2.48. The number of halogens is 2. The number of hydrogen-bond acceptors (Lipinski definition) is 1. The van der Waals surface area contributed by atoms with Crippen LogP contribution in [-0.2, 0) is 6.42 Å². The van der Waals surface area contributed by atoms with Crippen molar-refractivity contribution in [2.45, 2.75) is 26.2 Å². The molecule has 2 aromatic carbocycles. The Morgan fingerprint density at radius 1 is 1.10 bits per heavy atom. The summed E-state index contributed by atoms with van der Waals surface area (Å²) in [6.45, 7) is 6.19. The van der Waals surface area contributed by atoms with Crippen LogP contribution in [0.15, 0.2) is 42.5 Å². The van der Waals surface area contributed by atoms with Gasteiger partial charge >= 0.3 is 0 Å². The quantitative estimate of drug-likeness (QED) is 0.767. The SMILES string of the molecule is CCNCC(Cc1cc(Cl)ccc1Cl)c1ccccc1C. The van der Waals surface area contributed by atoms with Gasteiger partial charge in [0.15, 0.2) is 0 Å². The molecule has 112 valence electrons. The summed E-state index contributed by atoms with van der Waals surface area (Å²) in [6.07, 6.45) is 0.886. The fraction of sp³-hybridized carbons (Fsp3) is 0.333. The first-order valence-corrected chi connectivity index (χ1v) is 8.07. The maximum absolute atomic E-state index is 6.32. The summed E-state index contributed by atoms with van der Waals surface area (Å²) < 4.78 is 0. The number of hydrogen-bond donors (Lipinski definition) is 1. The largest absolute Gasteiger partial charge is 0.316 e. The van der Waals surface area contributed by atoms with Crippen molar-refractivity contribution >= 4 is 23.2 Å². The van der Waals surface area contributed by atoms with Crippen LogP contribution in [0.2, 0.25) is 10.0 Å². The highest BCUT2D eigenvalue weighted by atomic mass is 35.5. The third-order valence-electron chi connectivity index (χ3n) is 3.74. The van der Waals surface area contributed by atoms with Crippen LogP contribution in [0.4, 0.5) is 0 Å². The lowest BCUT2D eigenvalue weighted by molar-refractivity contribution is 0.593. The van der Waals surface area contributed by atoms with E-state index in [2.05, 4.69) is 43.4 Å². The molecular formula is C18H21Cl2N. The Balaban J connectivity index is 2.28. The molecule has 3 heteroatoms. The summed E-state index contributed by atoms with van der Waals surface area (Å²) >= 11 is 12.4. The average molecular weight is 322 g/mol. The van der Waals surface area contributed by atoms with Gasteiger partial charge in [-0.2, -0.15) is 0 Å². The van der Waals surface area contributed by atoms with Gasteiger partial charge in [0.25, 0.3) is 0 Å². The molecule has 0 amide bonds. The van der Waals surface area contributed by atoms with Crippen molar-refractivity contribution in [2.75, 3.05) is 13.1 Å². The molecule has 1 unspecified atom stereocenters. The highest BCUT2D eigenvalue weighted by molar-refractivity contribution is 6.33. The molecule has 2 rings (SSSR count). The highest BCUT2D eigenvalue weighted by Crippen LogP contribution is 2.28. The molecule has 1 atom stereocenters. The molecule has 0 radical (unpaired) electrons. The second-order valence-corrected chi connectivity index (χ2v) is 6.14. The van der Waals surface area contributed by atoms with Crippen LogP contribution < -0.4 is 5.32 Å². The smallest absolute Gasteiger partial charge is 0.0439 e. The Hall–Kier alpha value is -1.02. The Labute approximate surface area is 137 Å². The molecule has 0 saturated heterocycles. The first-order valence-electron chi connectivity index (χ1n) is 7.32. The Kier molecular flexibility index (Phi) is 6.10. The topological polar surface area (TPSA) is 12.0 Å². The molecule has 0 spiro atoms. The number of aryl methyl sites for hydroxylation is 1. The van der Waals surface area contributed by atoms with Crippen molar-refractivity contribution in [2.24, 2.45) is 0 Å². The van der Waals surface area contributed by atoms with E-state index in [1.54, 1.807) is 0 Å². The maximum Gasteiger partial charge on any atom is 0.0439 e. The van der Waals surface area contributed by atoms with E-state index in [-0.39, 0.29) is 0 Å². The lowest BCUT2D eigenvalue weighted by Crippen LogP contribution is -2.23. The molecule has 0 heterocycles. The molecule has 0 aliphatic carbocycles. The molecule has 21 heavy (non-hydrogen) atoms. The summed E-state index contributed by atoms with van der Waals surface area (Å²) in [6, 6.07) is 14.2. The molecule has 0 aliphatic rings. The van der Waals surface area contributed by atoms with Gasteiger partial charge in [0.2, 0.25) is 0 Å². The van der Waals surface area contributed by atoms with Gasteiger partial charge in [-0.1, -0.05) is 54.4 Å². The minimum Gasteiger partial charge on any atom is -0.316 e. The van der Waals surface area contributed by atoms with Crippen molar-refractivity contribution < 1.29 is 0 Å². The van der Waals surface area contributed by atoms with Crippen molar-refractivity contribution in [3.8, 4) is 0 Å². The van der Waals surface area contributed by atoms with Crippen LogP contribution in [-0.4, -0.2) is 13.1 Å². The third kappa shape index (κ3) is 4.47. The molecule has 1 nitrogen and oxygen atoms in total. The Morgan fingerprint density at radius 2 is 1.86 bits per heavy atom. The van der Waals surface area contributed by atoms with E-state index in [0.717, 1.165) is 35.1 Å². The van der Waals surface area contributed by atoms with Crippen molar-refractivity contribution in [3.05, 3.63) is 69.2 Å². The fourth-order valence-electron chi connectivity index (χ4n) is 2.62. The Morgan fingerprint density at radius 3 is 2.57 bits per heavy atom. The zero-order valence-electron chi connectivity index (χ0n) is 12.5. The summed E-state index contributed by atoms with van der Waals surface area (Å²) in [4.78, 5) is 0. The van der Waals surface area contributed by atoms with Gasteiger partial charge in [-0.15, -0.1) is 0 Å². The van der Waals surface area contributed by atoms with Crippen molar-refractivity contribution in [1.29, 1.82) is 0 Å². The first kappa shape index (κ1) is 16.4. The van der Waals surface area contributed by atoms with Gasteiger partial charge in [0.1, 0.15) is 0 Å². The van der Waals surface area contributed by atoms with E-state index in [4.69, 9.17) is 23.2 Å². The molecule has 1 N–H and O–H groups in total. The minimum atomic E-state index is 0.391. The Bertz CT molecular complexity index is 596. The van der Waals surface area contributed by atoms with E-state index in [0.29, 0.717) is 5.92 Å². The van der Waals surface area contributed by atoms with Crippen molar-refractivity contribution in [1.82, 2.24) is 5.32 Å². The predicted octanol–water partition coefficient (Wildman–Crippen LogP) is 5.24. The van der Waals surface area contributed by atoms with Crippen LogP contribution in [0.3, 0.4) is 0 Å². The van der Waals surface area contributed by atoms with Crippen molar-refractivity contribution in [3.63, 3.8) is 0 Å². The van der Waals surface area contributed by atoms with E-state index in [1.165, 1.54) is 11.1 Å². The second-order valence-electron chi connectivity index (χ2n) is 5.30. The predicted molar refractivity (Wildman–Crippen MR) is 92.6 cm³/mol. The van der Waals surface area contributed by atoms with Crippen LogP contribution >= 0.6 is 23.2 Å². The molecular weight excluding hydrogens is 301 g/mol. The minimum absolute atomic E-state index is 0.391. The standard InChI is InChI=1S/C18H21Cl2N/c1-3-21-12-15(17-7-5-4-6-13(17)2)10-14-11-16(19)8-9-18(14)20/h4-9,11,15,21H,3,10,12H2,1-2H3. The van der Waals surface area contributed by atoms with Crippen LogP contribution in [0, 0.1) is 6.92 Å². The van der Waals surface area contributed by atoms with Gasteiger partial charge in [0.05, 0.1) is 0 Å². The molecule has 0 bridgehead atoms. The molecule has 2 aromatic rings. The lowest BCUT2D eigenvalue weighted by atomic mass is 9.89. The van der Waals surface area contributed by atoms with Crippen LogP contribution in [0.5, 0.6) is 0 Å². The van der Waals surface area contributed by atoms with E-state index < -0.39 is 0 Å². The summed E-state index contributed by atoms with van der Waals surface area (Å²) in [5.41, 5.74) is 3.79. The molecule has 0 aliphatic heterocycles. The van der Waals surface area contributed by atoms with E-state index >= 15 is 0 Å². The van der Waals surface area contributed by atoms with Gasteiger partial charge in [-0.05, 0) is 54.8 Å². The molecule has 0 aromatic heterocycles. The van der Waals surface area contributed by atoms with Crippen LogP contribution in [0.1, 0.15) is 29.5 Å². The number of likely N-dealkylation sites (N-methyl/N-ethyl adjacent to an activating group) is 1. The fourth-order valence-corrected chi connectivity index (χ4v) is 3.01. The van der Waals surface area contributed by atoms with E-state index in [1.807, 2.05) is 18.2 Å². The third-order valence-corrected chi connectivity index (χ3v) is 4.35. The molecule has 0 fully saturated rings. The number of benzene rings is 2. The zero-order valence-corrected chi connectivity index (χ0v) is 14.0. The second kappa shape index (κ2) is 7.84. The molecule has 0 saturated carbocycles. The summed E-state index contributed by atoms with van der Waals surface area (Å²) in [5.74, 6) is 0.391. The van der Waals surface area contributed by atoms with Gasteiger partial charge in [0, 0.05) is 22.5 Å². The first-order chi connectivity index (χ1) is 10.1. The van der Waals surface area contributed by atoms with Gasteiger partial charge in [-0.25, -0.2) is 0 Å². The lowest BCUT2D eigenvalue weighted by Gasteiger charge is -2.20. The highest BCUT2D eigenvalue weighted by Gasteiger charge is 2.15. The summed E-state index contributed by atoms with van der Waals surface area (Å²) in [5, 5.41) is 4.98.